The van der Waals surface area contributed by atoms with Crippen LogP contribution in [0.15, 0.2) is 18.2 Å². The molecule has 0 saturated heterocycles. The van der Waals surface area contributed by atoms with Crippen LogP contribution in [0.4, 0.5) is 0 Å². The third kappa shape index (κ3) is 4.24. The zero-order valence-corrected chi connectivity index (χ0v) is 17.5. The van der Waals surface area contributed by atoms with Crippen LogP contribution in [0, 0.1) is 0 Å². The van der Waals surface area contributed by atoms with Gasteiger partial charge >= 0.3 is 17.6 Å². The van der Waals surface area contributed by atoms with Crippen LogP contribution >= 0.6 is 0 Å². The first-order chi connectivity index (χ1) is 11.5. The van der Waals surface area contributed by atoms with E-state index >= 15 is 0 Å². The monoisotopic (exact) mass is 376 g/mol. The molecule has 0 aliphatic heterocycles. The minimum Gasteiger partial charge on any atom is -0.496 e. The second kappa shape index (κ2) is 9.63. The van der Waals surface area contributed by atoms with Crippen molar-refractivity contribution in [2.24, 2.45) is 0 Å². The summed E-state index contributed by atoms with van der Waals surface area (Å²) in [5, 5.41) is 0.862. The van der Waals surface area contributed by atoms with Crippen molar-refractivity contribution in [1.29, 1.82) is 0 Å². The number of ether oxygens (including phenoxy) is 1. The first-order valence-corrected chi connectivity index (χ1v) is 11.1. The third-order valence-corrected chi connectivity index (χ3v) is 9.57. The van der Waals surface area contributed by atoms with Crippen molar-refractivity contribution in [2.75, 3.05) is 49.8 Å². The molecule has 0 saturated carbocycles. The van der Waals surface area contributed by atoms with E-state index in [1.807, 2.05) is 18.2 Å². The highest BCUT2D eigenvalue weighted by molar-refractivity contribution is 6.75. The summed E-state index contributed by atoms with van der Waals surface area (Å²) in [4.78, 5) is 0. The van der Waals surface area contributed by atoms with E-state index in [0.29, 0.717) is 12.5 Å². The Balaban J connectivity index is 3.30. The molecule has 0 aromatic heterocycles. The van der Waals surface area contributed by atoms with Crippen LogP contribution in [0.1, 0.15) is 5.56 Å². The molecule has 1 aromatic rings. The smallest absolute Gasteiger partial charge is 0.496 e. The lowest BCUT2D eigenvalue weighted by Gasteiger charge is -2.29. The number of hydrogen-bond acceptors (Lipinski definition) is 7. The molecule has 0 aliphatic rings. The largest absolute Gasteiger partial charge is 0.536 e. The Morgan fingerprint density at radius 1 is 0.750 bits per heavy atom. The van der Waals surface area contributed by atoms with Crippen molar-refractivity contribution in [1.82, 2.24) is 0 Å². The van der Waals surface area contributed by atoms with Crippen molar-refractivity contribution in [3.8, 4) is 5.75 Å². The van der Waals surface area contributed by atoms with E-state index in [1.54, 1.807) is 49.8 Å². The van der Waals surface area contributed by atoms with Gasteiger partial charge in [-0.25, -0.2) is 0 Å². The number of methoxy groups -OCH3 is 1. The van der Waals surface area contributed by atoms with Crippen molar-refractivity contribution < 1.29 is 31.3 Å². The quantitative estimate of drug-likeness (QED) is 0.538. The van der Waals surface area contributed by atoms with Gasteiger partial charge in [-0.05, 0) is 12.5 Å². The molecular weight excluding hydrogens is 348 g/mol. The molecule has 0 fully saturated rings. The SMILES string of the molecule is COc1cccc([Si](OC)(OC)OC)c1CC[Si](OC)(OC)OC. The van der Waals surface area contributed by atoms with Crippen LogP contribution in [0.5, 0.6) is 5.75 Å². The minimum atomic E-state index is -3.00. The van der Waals surface area contributed by atoms with E-state index in [-0.39, 0.29) is 0 Å². The highest BCUT2D eigenvalue weighted by Crippen LogP contribution is 2.25. The van der Waals surface area contributed by atoms with Crippen molar-refractivity contribution in [3.05, 3.63) is 23.8 Å². The summed E-state index contributed by atoms with van der Waals surface area (Å²) in [6, 6.07) is 6.32. The Morgan fingerprint density at radius 2 is 1.29 bits per heavy atom. The Labute approximate surface area is 146 Å². The van der Waals surface area contributed by atoms with Gasteiger partial charge in [0.05, 0.1) is 7.11 Å². The van der Waals surface area contributed by atoms with E-state index in [0.717, 1.165) is 16.5 Å². The van der Waals surface area contributed by atoms with E-state index in [1.165, 1.54) is 0 Å². The van der Waals surface area contributed by atoms with Crippen LogP contribution in [0.2, 0.25) is 6.04 Å². The number of hydrogen-bond donors (Lipinski definition) is 0. The average Bonchev–Trinajstić information content (AvgIpc) is 2.65. The van der Waals surface area contributed by atoms with Crippen LogP contribution < -0.4 is 9.92 Å². The predicted octanol–water partition coefficient (Wildman–Crippen LogP) is 1.20. The van der Waals surface area contributed by atoms with E-state index in [4.69, 9.17) is 31.3 Å². The van der Waals surface area contributed by atoms with Gasteiger partial charge in [0.2, 0.25) is 0 Å². The van der Waals surface area contributed by atoms with Gasteiger partial charge < -0.3 is 31.3 Å². The molecule has 1 aromatic carbocycles. The van der Waals surface area contributed by atoms with E-state index in [2.05, 4.69) is 0 Å². The van der Waals surface area contributed by atoms with Gasteiger partial charge in [0.25, 0.3) is 0 Å². The van der Waals surface area contributed by atoms with Crippen molar-refractivity contribution in [2.45, 2.75) is 12.5 Å². The molecule has 1 rings (SSSR count). The lowest BCUT2D eigenvalue weighted by Crippen LogP contribution is -2.56. The summed E-state index contributed by atoms with van der Waals surface area (Å²) in [6.45, 7) is 0. The maximum Gasteiger partial charge on any atom is 0.536 e. The second-order valence-electron chi connectivity index (χ2n) is 4.95. The summed E-state index contributed by atoms with van der Waals surface area (Å²) in [5.74, 6) is 0.738. The Bertz CT molecular complexity index is 488. The van der Waals surface area contributed by atoms with Gasteiger partial charge in [-0.15, -0.1) is 0 Å². The summed E-state index contributed by atoms with van der Waals surface area (Å²) >= 11 is 0. The summed E-state index contributed by atoms with van der Waals surface area (Å²) < 4.78 is 38.9. The maximum atomic E-state index is 5.63. The van der Waals surface area contributed by atoms with E-state index < -0.39 is 17.6 Å². The molecule has 24 heavy (non-hydrogen) atoms. The third-order valence-electron chi connectivity index (χ3n) is 4.10. The van der Waals surface area contributed by atoms with Gasteiger partial charge in [0, 0.05) is 59.5 Å². The Kier molecular flexibility index (Phi) is 8.53. The molecule has 0 spiro atoms. The number of rotatable bonds is 11. The highest BCUT2D eigenvalue weighted by atomic mass is 28.4. The Morgan fingerprint density at radius 3 is 1.71 bits per heavy atom. The zero-order valence-electron chi connectivity index (χ0n) is 15.5. The zero-order chi connectivity index (χ0) is 18.2. The van der Waals surface area contributed by atoms with Crippen molar-refractivity contribution >= 4 is 22.8 Å². The average molecular weight is 377 g/mol. The first-order valence-electron chi connectivity index (χ1n) is 7.49. The topological polar surface area (TPSA) is 64.6 Å². The van der Waals surface area contributed by atoms with Gasteiger partial charge in [0.1, 0.15) is 5.75 Å². The van der Waals surface area contributed by atoms with Crippen LogP contribution in [-0.4, -0.2) is 67.4 Å². The Hall–Kier alpha value is -0.786. The standard InChI is InChI=1S/C15H28O7Si2/c1-16-14-9-8-10-15(24(20-5,21-6)22-7)13(14)11-12-23(17-2,18-3)19-4/h8-10H,11-12H2,1-7H3. The van der Waals surface area contributed by atoms with Crippen LogP contribution in [0.3, 0.4) is 0 Å². The molecule has 0 bridgehead atoms. The molecule has 0 N–H and O–H groups in total. The van der Waals surface area contributed by atoms with Gasteiger partial charge in [-0.1, -0.05) is 12.1 Å². The molecule has 138 valence electrons. The lowest BCUT2D eigenvalue weighted by molar-refractivity contribution is 0.123. The fourth-order valence-corrected chi connectivity index (χ4v) is 6.46. The van der Waals surface area contributed by atoms with Gasteiger partial charge in [-0.2, -0.15) is 0 Å². The minimum absolute atomic E-state index is 0.589. The molecular formula is C15H28O7Si2. The second-order valence-corrected chi connectivity index (χ2v) is 10.9. The van der Waals surface area contributed by atoms with Gasteiger partial charge in [0.15, 0.2) is 0 Å². The lowest BCUT2D eigenvalue weighted by atomic mass is 10.1. The van der Waals surface area contributed by atoms with Gasteiger partial charge in [-0.3, -0.25) is 0 Å². The first kappa shape index (κ1) is 21.3. The molecule has 0 amide bonds. The number of benzene rings is 1. The molecule has 9 heteroatoms. The predicted molar refractivity (Wildman–Crippen MR) is 94.7 cm³/mol. The molecule has 0 atom stereocenters. The van der Waals surface area contributed by atoms with Crippen LogP contribution in [0.25, 0.3) is 0 Å². The summed E-state index contributed by atoms with van der Waals surface area (Å²) in [7, 11) is 5.47. The summed E-state index contributed by atoms with van der Waals surface area (Å²) in [6.07, 6.45) is 0.617. The fraction of sp³-hybridized carbons (Fsp3) is 0.600. The normalized spacial score (nSPS) is 12.5. The fourth-order valence-electron chi connectivity index (χ4n) is 2.72. The highest BCUT2D eigenvalue weighted by Gasteiger charge is 2.44. The maximum absolute atomic E-state index is 5.63. The molecule has 0 unspecified atom stereocenters. The molecule has 7 nitrogen and oxygen atoms in total. The van der Waals surface area contributed by atoms with Crippen molar-refractivity contribution in [3.63, 3.8) is 0 Å². The van der Waals surface area contributed by atoms with E-state index in [9.17, 15) is 0 Å². The molecule has 0 aliphatic carbocycles. The van der Waals surface area contributed by atoms with Crippen LogP contribution in [-0.2, 0) is 33.0 Å². The molecule has 0 heterocycles. The molecule has 0 radical (unpaired) electrons. The summed E-state index contributed by atoms with van der Waals surface area (Å²) in [5.41, 5.74) is 0.945.